The van der Waals surface area contributed by atoms with Gasteiger partial charge in [-0.15, -0.1) is 0 Å². The summed E-state index contributed by atoms with van der Waals surface area (Å²) in [6.07, 6.45) is 6.20. The van der Waals surface area contributed by atoms with Crippen LogP contribution >= 0.6 is 0 Å². The maximum Gasteiger partial charge on any atom is 0.178 e. The second kappa shape index (κ2) is 6.80. The fourth-order valence-corrected chi connectivity index (χ4v) is 4.76. The lowest BCUT2D eigenvalue weighted by Crippen LogP contribution is -2.35. The number of carbonyl (C=O) groups excluding carboxylic acids is 1. The highest BCUT2D eigenvalue weighted by Gasteiger charge is 2.25. The van der Waals surface area contributed by atoms with Crippen LogP contribution in [0.5, 0.6) is 0 Å². The predicted molar refractivity (Wildman–Crippen MR) is 101 cm³/mol. The Kier molecular flexibility index (Phi) is 4.51. The van der Waals surface area contributed by atoms with Crippen LogP contribution in [0.2, 0.25) is 0 Å². The second-order valence-electron chi connectivity index (χ2n) is 7.75. The lowest BCUT2D eigenvalue weighted by atomic mass is 9.99. The number of Topliss-reactive ketones (excluding diaryl/α,β-unsaturated/α-hetero) is 1. The lowest BCUT2D eigenvalue weighted by molar-refractivity contribution is 0.0920. The molecule has 0 unspecified atom stereocenters. The van der Waals surface area contributed by atoms with Crippen molar-refractivity contribution in [3.05, 3.63) is 58.4 Å². The summed E-state index contributed by atoms with van der Waals surface area (Å²) in [5.41, 5.74) is 6.16. The zero-order chi connectivity index (χ0) is 17.4. The Hall–Kier alpha value is -1.87. The molecule has 0 spiro atoms. The Bertz CT molecular complexity index is 783. The lowest BCUT2D eigenvalue weighted by Gasteiger charge is -2.28. The molecule has 1 fully saturated rings. The van der Waals surface area contributed by atoms with E-state index in [0.29, 0.717) is 12.6 Å². The largest absolute Gasteiger partial charge is 0.345 e. The number of aryl methyl sites for hydroxylation is 1. The van der Waals surface area contributed by atoms with E-state index in [1.165, 1.54) is 48.2 Å². The van der Waals surface area contributed by atoms with E-state index in [1.807, 2.05) is 0 Å². The summed E-state index contributed by atoms with van der Waals surface area (Å²) in [5, 5.41) is 0. The summed E-state index contributed by atoms with van der Waals surface area (Å²) in [5.74, 6) is 0.275. The van der Waals surface area contributed by atoms with Crippen molar-refractivity contribution >= 4 is 5.78 Å². The van der Waals surface area contributed by atoms with Gasteiger partial charge in [0.25, 0.3) is 0 Å². The predicted octanol–water partition coefficient (Wildman–Crippen LogP) is 4.46. The molecule has 25 heavy (non-hydrogen) atoms. The van der Waals surface area contributed by atoms with E-state index in [2.05, 4.69) is 53.6 Å². The van der Waals surface area contributed by atoms with Crippen LogP contribution in [0.4, 0.5) is 0 Å². The van der Waals surface area contributed by atoms with Gasteiger partial charge in [0, 0.05) is 36.1 Å². The van der Waals surface area contributed by atoms with Crippen LogP contribution in [0.1, 0.15) is 64.6 Å². The molecule has 0 atom stereocenters. The van der Waals surface area contributed by atoms with Gasteiger partial charge in [0.2, 0.25) is 0 Å². The van der Waals surface area contributed by atoms with Gasteiger partial charge in [0.15, 0.2) is 5.78 Å². The standard InChI is InChI=1S/C22H28N2O/c1-16-13-21(17(2)24(16)20-9-5-6-10-20)22(25)15-23-12-11-18-7-3-4-8-19(18)14-23/h3-4,7-8,13,20H,5-6,9-12,14-15H2,1-2H3. The minimum atomic E-state index is 0.275. The first kappa shape index (κ1) is 16.6. The summed E-state index contributed by atoms with van der Waals surface area (Å²) < 4.78 is 2.42. The number of nitrogens with zero attached hydrogens (tertiary/aromatic N) is 2. The Balaban J connectivity index is 1.49. The molecule has 1 aliphatic heterocycles. The Morgan fingerprint density at radius 1 is 1.12 bits per heavy atom. The SMILES string of the molecule is Cc1cc(C(=O)CN2CCc3ccccc3C2)c(C)n1C1CCCC1. The van der Waals surface area contributed by atoms with Crippen LogP contribution in [-0.4, -0.2) is 28.3 Å². The third-order valence-corrected chi connectivity index (χ3v) is 6.05. The molecule has 0 saturated heterocycles. The summed E-state index contributed by atoms with van der Waals surface area (Å²) in [4.78, 5) is 15.3. The summed E-state index contributed by atoms with van der Waals surface area (Å²) in [6.45, 7) is 6.68. The van der Waals surface area contributed by atoms with Crippen molar-refractivity contribution < 1.29 is 4.79 Å². The van der Waals surface area contributed by atoms with Gasteiger partial charge in [-0.05, 0) is 50.3 Å². The van der Waals surface area contributed by atoms with E-state index in [9.17, 15) is 4.79 Å². The summed E-state index contributed by atoms with van der Waals surface area (Å²) in [6, 6.07) is 11.3. The molecule has 0 radical (unpaired) electrons. The number of carbonyl (C=O) groups is 1. The highest BCUT2D eigenvalue weighted by atomic mass is 16.1. The van der Waals surface area contributed by atoms with E-state index in [0.717, 1.165) is 25.1 Å². The van der Waals surface area contributed by atoms with Crippen LogP contribution < -0.4 is 0 Å². The van der Waals surface area contributed by atoms with E-state index < -0.39 is 0 Å². The van der Waals surface area contributed by atoms with Crippen LogP contribution in [0.3, 0.4) is 0 Å². The molecule has 3 heteroatoms. The van der Waals surface area contributed by atoms with Gasteiger partial charge >= 0.3 is 0 Å². The average molecular weight is 336 g/mol. The van der Waals surface area contributed by atoms with Gasteiger partial charge in [-0.1, -0.05) is 37.1 Å². The smallest absolute Gasteiger partial charge is 0.178 e. The molecule has 2 aliphatic rings. The third kappa shape index (κ3) is 3.18. The molecule has 0 bridgehead atoms. The molecule has 3 nitrogen and oxygen atoms in total. The van der Waals surface area contributed by atoms with E-state index in [1.54, 1.807) is 0 Å². The number of hydrogen-bond acceptors (Lipinski definition) is 2. The van der Waals surface area contributed by atoms with Gasteiger partial charge < -0.3 is 4.57 Å². The first-order valence-electron chi connectivity index (χ1n) is 9.64. The van der Waals surface area contributed by atoms with Gasteiger partial charge in [0.1, 0.15) is 0 Å². The summed E-state index contributed by atoms with van der Waals surface area (Å²) in [7, 11) is 0. The molecule has 1 aromatic carbocycles. The molecule has 0 N–H and O–H groups in total. The van der Waals surface area contributed by atoms with Crippen molar-refractivity contribution in [1.82, 2.24) is 9.47 Å². The third-order valence-electron chi connectivity index (χ3n) is 6.05. The molecule has 1 aliphatic carbocycles. The topological polar surface area (TPSA) is 25.2 Å². The highest BCUT2D eigenvalue weighted by Crippen LogP contribution is 2.33. The quantitative estimate of drug-likeness (QED) is 0.770. The molecular formula is C22H28N2O. The van der Waals surface area contributed by atoms with E-state index in [4.69, 9.17) is 0 Å². The fraction of sp³-hybridized carbons (Fsp3) is 0.500. The molecule has 2 aromatic rings. The minimum Gasteiger partial charge on any atom is -0.345 e. The molecule has 132 valence electrons. The van der Waals surface area contributed by atoms with E-state index >= 15 is 0 Å². The molecular weight excluding hydrogens is 308 g/mol. The Morgan fingerprint density at radius 3 is 2.60 bits per heavy atom. The van der Waals surface area contributed by atoms with Crippen LogP contribution in [0, 0.1) is 13.8 Å². The first-order chi connectivity index (χ1) is 12.1. The van der Waals surface area contributed by atoms with Crippen LogP contribution in [0.15, 0.2) is 30.3 Å². The number of benzene rings is 1. The molecule has 1 saturated carbocycles. The zero-order valence-electron chi connectivity index (χ0n) is 15.4. The van der Waals surface area contributed by atoms with Crippen molar-refractivity contribution in [2.75, 3.05) is 13.1 Å². The number of fused-ring (bicyclic) bond motifs is 1. The van der Waals surface area contributed by atoms with Gasteiger partial charge in [-0.2, -0.15) is 0 Å². The highest BCUT2D eigenvalue weighted by molar-refractivity contribution is 5.99. The molecule has 4 rings (SSSR count). The Morgan fingerprint density at radius 2 is 1.84 bits per heavy atom. The number of aromatic nitrogens is 1. The second-order valence-corrected chi connectivity index (χ2v) is 7.75. The maximum atomic E-state index is 13.0. The Labute approximate surface area is 150 Å². The summed E-state index contributed by atoms with van der Waals surface area (Å²) >= 11 is 0. The van der Waals surface area contributed by atoms with Crippen molar-refractivity contribution in [2.45, 2.75) is 58.5 Å². The van der Waals surface area contributed by atoms with Gasteiger partial charge in [-0.3, -0.25) is 9.69 Å². The van der Waals surface area contributed by atoms with Crippen molar-refractivity contribution in [3.63, 3.8) is 0 Å². The minimum absolute atomic E-state index is 0.275. The van der Waals surface area contributed by atoms with Gasteiger partial charge in [0.05, 0.1) is 6.54 Å². The van der Waals surface area contributed by atoms with Crippen LogP contribution in [0.25, 0.3) is 0 Å². The first-order valence-corrected chi connectivity index (χ1v) is 9.64. The van der Waals surface area contributed by atoms with Crippen molar-refractivity contribution in [1.29, 1.82) is 0 Å². The molecule has 1 aromatic heterocycles. The normalized spacial score (nSPS) is 18.5. The van der Waals surface area contributed by atoms with E-state index in [-0.39, 0.29) is 5.78 Å². The number of ketones is 1. The molecule has 0 amide bonds. The van der Waals surface area contributed by atoms with Crippen molar-refractivity contribution in [3.8, 4) is 0 Å². The number of rotatable bonds is 4. The van der Waals surface area contributed by atoms with Crippen molar-refractivity contribution in [2.24, 2.45) is 0 Å². The zero-order valence-corrected chi connectivity index (χ0v) is 15.4. The fourth-order valence-electron chi connectivity index (χ4n) is 4.76. The number of hydrogen-bond donors (Lipinski definition) is 0. The monoisotopic (exact) mass is 336 g/mol. The maximum absolute atomic E-state index is 13.0. The van der Waals surface area contributed by atoms with Gasteiger partial charge in [-0.25, -0.2) is 0 Å². The molecule has 2 heterocycles. The van der Waals surface area contributed by atoms with Crippen LogP contribution in [-0.2, 0) is 13.0 Å². The average Bonchev–Trinajstić information content (AvgIpc) is 3.22.